The molecule has 29 heavy (non-hydrogen) atoms. The van der Waals surface area contributed by atoms with E-state index in [4.69, 9.17) is 4.74 Å². The van der Waals surface area contributed by atoms with E-state index in [1.807, 2.05) is 30.3 Å². The molecule has 0 aliphatic heterocycles. The number of nitrogens with zero attached hydrogens (tertiary/aromatic N) is 1. The number of rotatable bonds is 8. The number of amides is 1. The lowest BCUT2D eigenvalue weighted by molar-refractivity contribution is -0.122. The Morgan fingerprint density at radius 2 is 1.69 bits per heavy atom. The minimum absolute atomic E-state index is 0.132. The average Bonchev–Trinajstić information content (AvgIpc) is 2.74. The molecule has 1 fully saturated rings. The van der Waals surface area contributed by atoms with Crippen LogP contribution in [0.3, 0.4) is 0 Å². The zero-order valence-electron chi connectivity index (χ0n) is 16.7. The van der Waals surface area contributed by atoms with Crippen LogP contribution < -0.4 is 10.1 Å². The summed E-state index contributed by atoms with van der Waals surface area (Å²) in [6, 6.07) is 15.7. The molecule has 0 aromatic heterocycles. The zero-order valence-corrected chi connectivity index (χ0v) is 17.5. The van der Waals surface area contributed by atoms with Crippen molar-refractivity contribution in [2.24, 2.45) is 0 Å². The standard InChI is InChI=1S/C22H28N2O4S/c1-28-20-12-14-21(15-13-20)29(26,27)24(16-18-8-4-2-5-9-18)17-22(25)23-19-10-6-3-7-11-19/h2,4-5,8-9,12-15,19H,3,6-7,10-11,16-17H2,1H3,(H,23,25). The smallest absolute Gasteiger partial charge is 0.243 e. The van der Waals surface area contributed by atoms with E-state index in [1.54, 1.807) is 12.1 Å². The van der Waals surface area contributed by atoms with E-state index in [0.29, 0.717) is 5.75 Å². The summed E-state index contributed by atoms with van der Waals surface area (Å²) in [5.74, 6) is 0.318. The molecular weight excluding hydrogens is 388 g/mol. The zero-order chi connectivity index (χ0) is 20.7. The largest absolute Gasteiger partial charge is 0.497 e. The molecule has 0 heterocycles. The Kier molecular flexibility index (Phi) is 7.28. The quantitative estimate of drug-likeness (QED) is 0.716. The third-order valence-corrected chi connectivity index (χ3v) is 7.00. The van der Waals surface area contributed by atoms with E-state index in [1.165, 1.54) is 30.0 Å². The summed E-state index contributed by atoms with van der Waals surface area (Å²) in [5.41, 5.74) is 0.829. The van der Waals surface area contributed by atoms with Crippen molar-refractivity contribution < 1.29 is 17.9 Å². The maximum atomic E-state index is 13.3. The van der Waals surface area contributed by atoms with Gasteiger partial charge in [-0.05, 0) is 42.7 Å². The van der Waals surface area contributed by atoms with Crippen molar-refractivity contribution >= 4 is 15.9 Å². The van der Waals surface area contributed by atoms with Crippen molar-refractivity contribution in [1.29, 1.82) is 0 Å². The van der Waals surface area contributed by atoms with Gasteiger partial charge in [0.05, 0.1) is 18.6 Å². The van der Waals surface area contributed by atoms with E-state index < -0.39 is 10.0 Å². The van der Waals surface area contributed by atoms with Crippen molar-refractivity contribution in [3.8, 4) is 5.75 Å². The van der Waals surface area contributed by atoms with E-state index in [-0.39, 0.29) is 29.9 Å². The van der Waals surface area contributed by atoms with Gasteiger partial charge < -0.3 is 10.1 Å². The number of sulfonamides is 1. The molecule has 0 bridgehead atoms. The molecule has 6 nitrogen and oxygen atoms in total. The predicted molar refractivity (Wildman–Crippen MR) is 112 cm³/mol. The minimum Gasteiger partial charge on any atom is -0.497 e. The van der Waals surface area contributed by atoms with Gasteiger partial charge >= 0.3 is 0 Å². The first-order valence-corrected chi connectivity index (χ1v) is 11.4. The molecular formula is C22H28N2O4S. The lowest BCUT2D eigenvalue weighted by atomic mass is 9.95. The van der Waals surface area contributed by atoms with Gasteiger partial charge in [-0.3, -0.25) is 4.79 Å². The Bertz CT molecular complexity index is 892. The van der Waals surface area contributed by atoms with Gasteiger partial charge in [0, 0.05) is 12.6 Å². The molecule has 1 aliphatic rings. The molecule has 2 aromatic rings. The number of methoxy groups -OCH3 is 1. The molecule has 1 aliphatic carbocycles. The lowest BCUT2D eigenvalue weighted by Crippen LogP contribution is -2.44. The van der Waals surface area contributed by atoms with Crippen LogP contribution in [0.25, 0.3) is 0 Å². The van der Waals surface area contributed by atoms with Crippen LogP contribution in [-0.2, 0) is 21.4 Å². The fourth-order valence-electron chi connectivity index (χ4n) is 3.59. The molecule has 0 radical (unpaired) electrons. The van der Waals surface area contributed by atoms with Crippen LogP contribution in [0.4, 0.5) is 0 Å². The molecule has 156 valence electrons. The fourth-order valence-corrected chi connectivity index (χ4v) is 4.97. The maximum Gasteiger partial charge on any atom is 0.243 e. The van der Waals surface area contributed by atoms with Crippen molar-refractivity contribution in [3.63, 3.8) is 0 Å². The minimum atomic E-state index is -3.84. The fraction of sp³-hybridized carbons (Fsp3) is 0.409. The maximum absolute atomic E-state index is 13.3. The van der Waals surface area contributed by atoms with Gasteiger partial charge in [-0.1, -0.05) is 49.6 Å². The SMILES string of the molecule is COc1ccc(S(=O)(=O)N(CC(=O)NC2CCCCC2)Cc2ccccc2)cc1. The molecule has 1 N–H and O–H groups in total. The van der Waals surface area contributed by atoms with Gasteiger partial charge in [0.15, 0.2) is 0 Å². The van der Waals surface area contributed by atoms with E-state index in [2.05, 4.69) is 5.32 Å². The summed E-state index contributed by atoms with van der Waals surface area (Å²) in [5, 5.41) is 3.01. The van der Waals surface area contributed by atoms with Gasteiger partial charge in [-0.25, -0.2) is 8.42 Å². The van der Waals surface area contributed by atoms with Crippen LogP contribution in [-0.4, -0.2) is 38.3 Å². The second kappa shape index (κ2) is 9.89. The van der Waals surface area contributed by atoms with Gasteiger partial charge in [0.25, 0.3) is 0 Å². The average molecular weight is 417 g/mol. The van der Waals surface area contributed by atoms with Crippen LogP contribution in [0.1, 0.15) is 37.7 Å². The molecule has 1 amide bonds. The number of benzene rings is 2. The van der Waals surface area contributed by atoms with Crippen LogP contribution >= 0.6 is 0 Å². The monoisotopic (exact) mass is 416 g/mol. The normalized spacial score (nSPS) is 15.2. The summed E-state index contributed by atoms with van der Waals surface area (Å²) < 4.78 is 32.9. The first-order valence-electron chi connectivity index (χ1n) is 9.96. The molecule has 3 rings (SSSR count). The van der Waals surface area contributed by atoms with Crippen molar-refractivity contribution in [3.05, 3.63) is 60.2 Å². The molecule has 1 saturated carbocycles. The number of carbonyl (C=O) groups excluding carboxylic acids is 1. The third kappa shape index (κ3) is 5.81. The second-order valence-electron chi connectivity index (χ2n) is 7.34. The summed E-state index contributed by atoms with van der Waals surface area (Å²) in [7, 11) is -2.31. The number of carbonyl (C=O) groups is 1. The van der Waals surface area contributed by atoms with Gasteiger partial charge in [0.1, 0.15) is 5.75 Å². The molecule has 0 spiro atoms. The summed E-state index contributed by atoms with van der Waals surface area (Å²) in [6.45, 7) is -0.0763. The van der Waals surface area contributed by atoms with E-state index >= 15 is 0 Å². The van der Waals surface area contributed by atoms with Crippen LogP contribution in [0.2, 0.25) is 0 Å². The Balaban J connectivity index is 1.80. The van der Waals surface area contributed by atoms with Crippen molar-refractivity contribution in [2.75, 3.05) is 13.7 Å². The summed E-state index contributed by atoms with van der Waals surface area (Å²) >= 11 is 0. The molecule has 7 heteroatoms. The van der Waals surface area contributed by atoms with Crippen LogP contribution in [0.5, 0.6) is 5.75 Å². The number of hydrogen-bond acceptors (Lipinski definition) is 4. The van der Waals surface area contributed by atoms with Crippen LogP contribution in [0.15, 0.2) is 59.5 Å². The number of hydrogen-bond donors (Lipinski definition) is 1. The van der Waals surface area contributed by atoms with Gasteiger partial charge in [0.2, 0.25) is 15.9 Å². The van der Waals surface area contributed by atoms with E-state index in [0.717, 1.165) is 31.2 Å². The highest BCUT2D eigenvalue weighted by Crippen LogP contribution is 2.22. The summed E-state index contributed by atoms with van der Waals surface area (Å²) in [4.78, 5) is 12.8. The first kappa shape index (κ1) is 21.3. The number of nitrogens with one attached hydrogen (secondary N) is 1. The third-order valence-electron chi connectivity index (χ3n) is 5.19. The van der Waals surface area contributed by atoms with E-state index in [9.17, 15) is 13.2 Å². The Morgan fingerprint density at radius 3 is 2.31 bits per heavy atom. The second-order valence-corrected chi connectivity index (χ2v) is 9.27. The highest BCUT2D eigenvalue weighted by molar-refractivity contribution is 7.89. The lowest BCUT2D eigenvalue weighted by Gasteiger charge is -2.26. The number of ether oxygens (including phenoxy) is 1. The van der Waals surface area contributed by atoms with Crippen LogP contribution in [0, 0.1) is 0 Å². The molecule has 0 unspecified atom stereocenters. The highest BCUT2D eigenvalue weighted by Gasteiger charge is 2.28. The molecule has 0 atom stereocenters. The van der Waals surface area contributed by atoms with Crippen molar-refractivity contribution in [2.45, 2.75) is 49.6 Å². The molecule has 0 saturated heterocycles. The first-order chi connectivity index (χ1) is 14.0. The predicted octanol–water partition coefficient (Wildman–Crippen LogP) is 3.34. The van der Waals surface area contributed by atoms with Gasteiger partial charge in [-0.2, -0.15) is 4.31 Å². The molecule has 2 aromatic carbocycles. The van der Waals surface area contributed by atoms with Gasteiger partial charge in [-0.15, -0.1) is 0 Å². The topological polar surface area (TPSA) is 75.7 Å². The highest BCUT2D eigenvalue weighted by atomic mass is 32.2. The Hall–Kier alpha value is -2.38. The summed E-state index contributed by atoms with van der Waals surface area (Å²) in [6.07, 6.45) is 5.30. The Morgan fingerprint density at radius 1 is 1.03 bits per heavy atom. The van der Waals surface area contributed by atoms with Crippen molar-refractivity contribution in [1.82, 2.24) is 9.62 Å². The Labute approximate surface area is 172 Å².